The first-order chi connectivity index (χ1) is 9.96. The van der Waals surface area contributed by atoms with E-state index in [1.165, 1.54) is 24.9 Å². The molecule has 1 fully saturated rings. The van der Waals surface area contributed by atoms with Crippen molar-refractivity contribution < 1.29 is 23.8 Å². The Morgan fingerprint density at radius 3 is 2.76 bits per heavy atom. The number of aromatic hydroxyl groups is 1. The predicted octanol–water partition coefficient (Wildman–Crippen LogP) is 2.79. The number of carbonyl (C=O) groups is 2. The lowest BCUT2D eigenvalue weighted by Crippen LogP contribution is -2.14. The van der Waals surface area contributed by atoms with Crippen LogP contribution < -0.4 is 0 Å². The number of halogens is 1. The Bertz CT molecular complexity index is 555. The first-order valence-electron chi connectivity index (χ1n) is 6.62. The largest absolute Gasteiger partial charge is 0.507 e. The van der Waals surface area contributed by atoms with Crippen molar-refractivity contribution >= 4 is 23.5 Å². The normalized spacial score (nSPS) is 15.5. The van der Waals surface area contributed by atoms with Crippen molar-refractivity contribution in [1.29, 1.82) is 0 Å². The molecule has 6 heteroatoms. The van der Waals surface area contributed by atoms with Crippen LogP contribution in [-0.2, 0) is 9.53 Å². The molecular formula is C15H17FO4S. The summed E-state index contributed by atoms with van der Waals surface area (Å²) in [5.41, 5.74) is -0.0533. The Morgan fingerprint density at radius 2 is 2.14 bits per heavy atom. The van der Waals surface area contributed by atoms with Gasteiger partial charge in [0.2, 0.25) is 0 Å². The predicted molar refractivity (Wildman–Crippen MR) is 78.0 cm³/mol. The van der Waals surface area contributed by atoms with Crippen LogP contribution in [0, 0.1) is 11.2 Å². The highest BCUT2D eigenvalue weighted by Gasteiger charge is 2.44. The van der Waals surface area contributed by atoms with Gasteiger partial charge in [0.25, 0.3) is 0 Å². The first-order valence-corrected chi connectivity index (χ1v) is 7.77. The molecule has 0 unspecified atom stereocenters. The fourth-order valence-electron chi connectivity index (χ4n) is 2.10. The molecule has 1 aromatic rings. The molecule has 114 valence electrons. The molecule has 21 heavy (non-hydrogen) atoms. The number of esters is 1. The molecule has 1 aliphatic carbocycles. The van der Waals surface area contributed by atoms with Crippen molar-refractivity contribution in [2.45, 2.75) is 19.3 Å². The van der Waals surface area contributed by atoms with Gasteiger partial charge in [0.15, 0.2) is 5.78 Å². The monoisotopic (exact) mass is 312 g/mol. The number of ether oxygens (including phenoxy) is 1. The van der Waals surface area contributed by atoms with E-state index >= 15 is 0 Å². The fourth-order valence-corrected chi connectivity index (χ4v) is 3.36. The molecular weight excluding hydrogens is 295 g/mol. The third-order valence-corrected chi connectivity index (χ3v) is 4.89. The molecule has 0 amide bonds. The van der Waals surface area contributed by atoms with Gasteiger partial charge in [-0.25, -0.2) is 4.39 Å². The van der Waals surface area contributed by atoms with Crippen LogP contribution in [0.1, 0.15) is 29.6 Å². The SMILES string of the molecule is COC(=O)CC1(CSCC(=O)c2cc(F)ccc2O)CC1. The van der Waals surface area contributed by atoms with Gasteiger partial charge in [-0.3, -0.25) is 9.59 Å². The summed E-state index contributed by atoms with van der Waals surface area (Å²) in [5.74, 6) is -0.472. The Kier molecular flexibility index (Phi) is 4.88. The van der Waals surface area contributed by atoms with Crippen LogP contribution in [0.5, 0.6) is 5.75 Å². The minimum Gasteiger partial charge on any atom is -0.507 e. The van der Waals surface area contributed by atoms with E-state index in [4.69, 9.17) is 0 Å². The molecule has 1 saturated carbocycles. The summed E-state index contributed by atoms with van der Waals surface area (Å²) in [4.78, 5) is 23.3. The third-order valence-electron chi connectivity index (χ3n) is 3.60. The maximum absolute atomic E-state index is 13.1. The topological polar surface area (TPSA) is 63.6 Å². The molecule has 0 radical (unpaired) electrons. The number of carbonyl (C=O) groups excluding carboxylic acids is 2. The van der Waals surface area contributed by atoms with E-state index in [1.807, 2.05) is 0 Å². The highest BCUT2D eigenvalue weighted by Crippen LogP contribution is 2.51. The molecule has 0 bridgehead atoms. The van der Waals surface area contributed by atoms with E-state index in [0.717, 1.165) is 25.0 Å². The number of Topliss-reactive ketones (excluding diaryl/α,β-unsaturated/α-hetero) is 1. The van der Waals surface area contributed by atoms with Gasteiger partial charge in [0.1, 0.15) is 11.6 Å². The minimum absolute atomic E-state index is 0.000292. The Balaban J connectivity index is 1.85. The number of methoxy groups -OCH3 is 1. The summed E-state index contributed by atoms with van der Waals surface area (Å²) >= 11 is 1.40. The zero-order chi connectivity index (χ0) is 15.5. The number of phenols is 1. The van der Waals surface area contributed by atoms with Crippen LogP contribution in [0.15, 0.2) is 18.2 Å². The van der Waals surface area contributed by atoms with E-state index in [9.17, 15) is 19.1 Å². The van der Waals surface area contributed by atoms with Gasteiger partial charge in [0.05, 0.1) is 24.8 Å². The van der Waals surface area contributed by atoms with Gasteiger partial charge in [-0.05, 0) is 42.2 Å². The second-order valence-electron chi connectivity index (χ2n) is 5.33. The lowest BCUT2D eigenvalue weighted by Gasteiger charge is -2.12. The number of hydrogen-bond donors (Lipinski definition) is 1. The Labute approximate surface area is 126 Å². The van der Waals surface area contributed by atoms with Crippen LogP contribution in [0.25, 0.3) is 0 Å². The average Bonchev–Trinajstić information content (AvgIpc) is 3.21. The summed E-state index contributed by atoms with van der Waals surface area (Å²) in [6.07, 6.45) is 2.28. The van der Waals surface area contributed by atoms with Crippen LogP contribution in [0.4, 0.5) is 4.39 Å². The smallest absolute Gasteiger partial charge is 0.306 e. The summed E-state index contributed by atoms with van der Waals surface area (Å²) in [5, 5.41) is 9.57. The molecule has 0 aromatic heterocycles. The zero-order valence-electron chi connectivity index (χ0n) is 11.7. The van der Waals surface area contributed by atoms with Gasteiger partial charge in [-0.2, -0.15) is 11.8 Å². The highest BCUT2D eigenvalue weighted by atomic mass is 32.2. The van der Waals surface area contributed by atoms with Gasteiger partial charge in [-0.15, -0.1) is 0 Å². The molecule has 2 rings (SSSR count). The second-order valence-corrected chi connectivity index (χ2v) is 6.32. The maximum Gasteiger partial charge on any atom is 0.306 e. The molecule has 0 spiro atoms. The Morgan fingerprint density at radius 1 is 1.43 bits per heavy atom. The summed E-state index contributed by atoms with van der Waals surface area (Å²) in [6.45, 7) is 0. The number of phenolic OH excluding ortho intramolecular Hbond substituents is 1. The van der Waals surface area contributed by atoms with Gasteiger partial charge < -0.3 is 9.84 Å². The van der Waals surface area contributed by atoms with Gasteiger partial charge in [0, 0.05) is 0 Å². The van der Waals surface area contributed by atoms with E-state index in [1.54, 1.807) is 0 Å². The number of rotatable bonds is 7. The lowest BCUT2D eigenvalue weighted by molar-refractivity contribution is -0.141. The van der Waals surface area contributed by atoms with E-state index < -0.39 is 5.82 Å². The van der Waals surface area contributed by atoms with Gasteiger partial charge in [-0.1, -0.05) is 0 Å². The van der Waals surface area contributed by atoms with Gasteiger partial charge >= 0.3 is 5.97 Å². The van der Waals surface area contributed by atoms with E-state index in [-0.39, 0.29) is 34.2 Å². The molecule has 0 heterocycles. The van der Waals surface area contributed by atoms with Crippen LogP contribution >= 0.6 is 11.8 Å². The number of ketones is 1. The van der Waals surface area contributed by atoms with E-state index in [2.05, 4.69) is 4.74 Å². The van der Waals surface area contributed by atoms with Crippen molar-refractivity contribution in [2.75, 3.05) is 18.6 Å². The molecule has 4 nitrogen and oxygen atoms in total. The first kappa shape index (κ1) is 15.8. The second kappa shape index (κ2) is 6.47. The maximum atomic E-state index is 13.1. The molecule has 1 aliphatic rings. The lowest BCUT2D eigenvalue weighted by atomic mass is 10.1. The van der Waals surface area contributed by atoms with Crippen LogP contribution in [0.3, 0.4) is 0 Å². The third kappa shape index (κ3) is 4.20. The molecule has 0 saturated heterocycles. The molecule has 0 aliphatic heterocycles. The quantitative estimate of drug-likeness (QED) is 0.619. The highest BCUT2D eigenvalue weighted by molar-refractivity contribution is 8.00. The zero-order valence-corrected chi connectivity index (χ0v) is 12.5. The summed E-state index contributed by atoms with van der Waals surface area (Å²) < 4.78 is 17.8. The van der Waals surface area contributed by atoms with Crippen molar-refractivity contribution in [1.82, 2.24) is 0 Å². The minimum atomic E-state index is -0.550. The van der Waals surface area contributed by atoms with Crippen molar-refractivity contribution in [3.63, 3.8) is 0 Å². The van der Waals surface area contributed by atoms with Crippen molar-refractivity contribution in [3.05, 3.63) is 29.6 Å². The van der Waals surface area contributed by atoms with Crippen molar-refractivity contribution in [3.8, 4) is 5.75 Å². The molecule has 0 atom stereocenters. The Hall–Kier alpha value is -1.56. The number of hydrogen-bond acceptors (Lipinski definition) is 5. The fraction of sp³-hybridized carbons (Fsp3) is 0.467. The van der Waals surface area contributed by atoms with Crippen LogP contribution in [-0.4, -0.2) is 35.5 Å². The summed E-state index contributed by atoms with van der Waals surface area (Å²) in [7, 11) is 1.36. The van der Waals surface area contributed by atoms with E-state index in [0.29, 0.717) is 12.2 Å². The molecule has 1 N–H and O–H groups in total. The summed E-state index contributed by atoms with van der Waals surface area (Å²) in [6, 6.07) is 3.32. The average molecular weight is 312 g/mol. The number of benzene rings is 1. The van der Waals surface area contributed by atoms with Crippen LogP contribution in [0.2, 0.25) is 0 Å². The van der Waals surface area contributed by atoms with Crippen molar-refractivity contribution in [2.24, 2.45) is 5.41 Å². The number of thioether (sulfide) groups is 1. The molecule has 1 aromatic carbocycles. The standard InChI is InChI=1S/C15H17FO4S/c1-20-14(19)7-15(4-5-15)9-21-8-13(18)11-6-10(16)2-3-12(11)17/h2-3,6,17H,4-5,7-9H2,1H3.